The summed E-state index contributed by atoms with van der Waals surface area (Å²) in [6.07, 6.45) is 1.92. The van der Waals surface area contributed by atoms with Gasteiger partial charge < -0.3 is 14.4 Å². The quantitative estimate of drug-likeness (QED) is 0.234. The zero-order chi connectivity index (χ0) is 28.9. The van der Waals surface area contributed by atoms with E-state index in [0.29, 0.717) is 66.5 Å². The number of amidine groups is 1. The van der Waals surface area contributed by atoms with Crippen molar-refractivity contribution in [3.8, 4) is 5.75 Å². The molecule has 0 aliphatic carbocycles. The average molecular weight is 578 g/mol. The van der Waals surface area contributed by atoms with Gasteiger partial charge in [0.25, 0.3) is 11.8 Å². The summed E-state index contributed by atoms with van der Waals surface area (Å²) in [6, 6.07) is 29.4. The normalized spacial score (nSPS) is 17.4. The molecule has 2 amide bonds. The standard InChI is InChI=1S/C34H31N3O4S/c1-2-37-33(39)31(42-34(37)35-27-13-8-12-26(21-27)32(38)36-17-19-40-20-18-36)22-29-28-14-7-6-11-25(28)15-16-30(29)41-23-24-9-4-3-5-10-24/h3-16,21-22H,2,17-20,23H2,1H3/b31-22+,35-34?. The summed E-state index contributed by atoms with van der Waals surface area (Å²) in [5, 5.41) is 2.65. The maximum Gasteiger partial charge on any atom is 0.266 e. The molecule has 4 aromatic rings. The van der Waals surface area contributed by atoms with Gasteiger partial charge in [0.05, 0.1) is 23.8 Å². The lowest BCUT2D eigenvalue weighted by molar-refractivity contribution is -0.122. The maximum absolute atomic E-state index is 13.6. The van der Waals surface area contributed by atoms with Gasteiger partial charge in [0, 0.05) is 30.8 Å². The Balaban J connectivity index is 1.31. The number of carbonyl (C=O) groups is 2. The zero-order valence-corrected chi connectivity index (χ0v) is 24.2. The highest BCUT2D eigenvalue weighted by Gasteiger charge is 2.33. The van der Waals surface area contributed by atoms with Crippen LogP contribution in [0.25, 0.3) is 16.8 Å². The summed E-state index contributed by atoms with van der Waals surface area (Å²) in [5.74, 6) is 0.562. The number of aliphatic imine (C=N–C) groups is 1. The number of nitrogens with zero attached hydrogens (tertiary/aromatic N) is 3. The molecule has 2 aliphatic rings. The molecule has 6 rings (SSSR count). The van der Waals surface area contributed by atoms with E-state index in [1.54, 1.807) is 21.9 Å². The predicted molar refractivity (Wildman–Crippen MR) is 168 cm³/mol. The Morgan fingerprint density at radius 3 is 2.57 bits per heavy atom. The molecule has 7 nitrogen and oxygen atoms in total. The van der Waals surface area contributed by atoms with E-state index >= 15 is 0 Å². The van der Waals surface area contributed by atoms with Crippen LogP contribution in [0.1, 0.15) is 28.4 Å². The summed E-state index contributed by atoms with van der Waals surface area (Å²) < 4.78 is 11.7. The fourth-order valence-corrected chi connectivity index (χ4v) is 6.10. The molecule has 2 aliphatic heterocycles. The molecular formula is C34H31N3O4S. The molecule has 0 atom stereocenters. The van der Waals surface area contributed by atoms with E-state index in [1.807, 2.05) is 85.8 Å². The van der Waals surface area contributed by atoms with Crippen molar-refractivity contribution in [3.05, 3.63) is 113 Å². The fourth-order valence-electron chi connectivity index (χ4n) is 5.05. The Labute approximate surface area is 249 Å². The largest absolute Gasteiger partial charge is 0.488 e. The Hall–Kier alpha value is -4.40. The fraction of sp³-hybridized carbons (Fsp3) is 0.206. The molecule has 0 bridgehead atoms. The molecule has 0 aromatic heterocycles. The van der Waals surface area contributed by atoms with E-state index < -0.39 is 0 Å². The summed E-state index contributed by atoms with van der Waals surface area (Å²) in [4.78, 5) is 35.5. The van der Waals surface area contributed by atoms with Crippen molar-refractivity contribution in [2.24, 2.45) is 4.99 Å². The van der Waals surface area contributed by atoms with Crippen LogP contribution in [0.5, 0.6) is 5.75 Å². The van der Waals surface area contributed by atoms with Crippen molar-refractivity contribution >= 4 is 51.3 Å². The molecule has 2 heterocycles. The monoisotopic (exact) mass is 577 g/mol. The van der Waals surface area contributed by atoms with Gasteiger partial charge in [-0.3, -0.25) is 14.5 Å². The van der Waals surface area contributed by atoms with Gasteiger partial charge in [0.15, 0.2) is 5.17 Å². The summed E-state index contributed by atoms with van der Waals surface area (Å²) in [5.41, 5.74) is 3.12. The van der Waals surface area contributed by atoms with Gasteiger partial charge in [-0.05, 0) is 65.4 Å². The third kappa shape index (κ3) is 5.95. The number of ether oxygens (including phenoxy) is 2. The summed E-state index contributed by atoms with van der Waals surface area (Å²) >= 11 is 1.34. The second-order valence-corrected chi connectivity index (χ2v) is 11.0. The number of amides is 2. The third-order valence-electron chi connectivity index (χ3n) is 7.26. The Morgan fingerprint density at radius 2 is 1.76 bits per heavy atom. The van der Waals surface area contributed by atoms with E-state index in [0.717, 1.165) is 21.9 Å². The van der Waals surface area contributed by atoms with Crippen molar-refractivity contribution in [2.75, 3.05) is 32.8 Å². The van der Waals surface area contributed by atoms with Crippen LogP contribution in [0.2, 0.25) is 0 Å². The molecule has 2 saturated heterocycles. The van der Waals surface area contributed by atoms with Gasteiger partial charge >= 0.3 is 0 Å². The Kier molecular flexibility index (Phi) is 8.35. The number of likely N-dealkylation sites (N-methyl/N-ethyl adjacent to an activating group) is 1. The van der Waals surface area contributed by atoms with E-state index in [9.17, 15) is 9.59 Å². The van der Waals surface area contributed by atoms with Gasteiger partial charge in [-0.15, -0.1) is 0 Å². The molecule has 8 heteroatoms. The van der Waals surface area contributed by atoms with E-state index in [-0.39, 0.29) is 11.8 Å². The zero-order valence-electron chi connectivity index (χ0n) is 23.4. The van der Waals surface area contributed by atoms with Crippen molar-refractivity contribution in [1.29, 1.82) is 0 Å². The van der Waals surface area contributed by atoms with Gasteiger partial charge in [-0.2, -0.15) is 0 Å². The van der Waals surface area contributed by atoms with Crippen molar-refractivity contribution in [2.45, 2.75) is 13.5 Å². The first kappa shape index (κ1) is 27.8. The SMILES string of the molecule is CCN1C(=O)/C(=C\c2c(OCc3ccccc3)ccc3ccccc23)SC1=Nc1cccc(C(=O)N2CCOCC2)c1. The number of morpholine rings is 1. The van der Waals surface area contributed by atoms with E-state index in [2.05, 4.69) is 6.07 Å². The molecule has 42 heavy (non-hydrogen) atoms. The second kappa shape index (κ2) is 12.6. The maximum atomic E-state index is 13.6. The van der Waals surface area contributed by atoms with Crippen LogP contribution >= 0.6 is 11.8 Å². The molecule has 0 spiro atoms. The van der Waals surface area contributed by atoms with Crippen LogP contribution in [-0.2, 0) is 16.1 Å². The highest BCUT2D eigenvalue weighted by Crippen LogP contribution is 2.38. The van der Waals surface area contributed by atoms with E-state index in [4.69, 9.17) is 14.5 Å². The highest BCUT2D eigenvalue weighted by atomic mass is 32.2. The molecule has 0 unspecified atom stereocenters. The minimum Gasteiger partial charge on any atom is -0.488 e. The topological polar surface area (TPSA) is 71.4 Å². The number of carbonyl (C=O) groups excluding carboxylic acids is 2. The number of hydrogen-bond donors (Lipinski definition) is 0. The first-order valence-electron chi connectivity index (χ1n) is 14.1. The summed E-state index contributed by atoms with van der Waals surface area (Å²) in [6.45, 7) is 5.06. The van der Waals surface area contributed by atoms with Crippen LogP contribution in [-0.4, -0.2) is 59.6 Å². The molecule has 0 saturated carbocycles. The van der Waals surface area contributed by atoms with Crippen LogP contribution < -0.4 is 4.74 Å². The minimum absolute atomic E-state index is 0.0394. The van der Waals surface area contributed by atoms with Crippen LogP contribution in [0.4, 0.5) is 5.69 Å². The third-order valence-corrected chi connectivity index (χ3v) is 8.27. The number of rotatable bonds is 7. The lowest BCUT2D eigenvalue weighted by atomic mass is 10.0. The highest BCUT2D eigenvalue weighted by molar-refractivity contribution is 8.18. The van der Waals surface area contributed by atoms with Crippen LogP contribution in [0, 0.1) is 0 Å². The van der Waals surface area contributed by atoms with Crippen LogP contribution in [0.3, 0.4) is 0 Å². The van der Waals surface area contributed by atoms with Crippen molar-refractivity contribution < 1.29 is 19.1 Å². The lowest BCUT2D eigenvalue weighted by Crippen LogP contribution is -2.40. The number of hydrogen-bond acceptors (Lipinski definition) is 6. The van der Waals surface area contributed by atoms with Gasteiger partial charge in [0.1, 0.15) is 12.4 Å². The second-order valence-electron chi connectivity index (χ2n) is 9.98. The number of fused-ring (bicyclic) bond motifs is 1. The summed E-state index contributed by atoms with van der Waals surface area (Å²) in [7, 11) is 0. The molecular weight excluding hydrogens is 546 g/mol. The first-order valence-corrected chi connectivity index (χ1v) is 14.9. The Bertz CT molecular complexity index is 1680. The lowest BCUT2D eigenvalue weighted by Gasteiger charge is -2.26. The first-order chi connectivity index (χ1) is 20.6. The van der Waals surface area contributed by atoms with Crippen molar-refractivity contribution in [1.82, 2.24) is 9.80 Å². The molecule has 2 fully saturated rings. The molecule has 4 aromatic carbocycles. The average Bonchev–Trinajstić information content (AvgIpc) is 3.34. The van der Waals surface area contributed by atoms with E-state index in [1.165, 1.54) is 11.8 Å². The number of thioether (sulfide) groups is 1. The predicted octanol–water partition coefficient (Wildman–Crippen LogP) is 6.52. The van der Waals surface area contributed by atoms with Gasteiger partial charge in [-0.25, -0.2) is 4.99 Å². The van der Waals surface area contributed by atoms with Crippen molar-refractivity contribution in [3.63, 3.8) is 0 Å². The molecule has 212 valence electrons. The van der Waals surface area contributed by atoms with Gasteiger partial charge in [-0.1, -0.05) is 66.7 Å². The van der Waals surface area contributed by atoms with Crippen LogP contribution in [0.15, 0.2) is 101 Å². The molecule has 0 radical (unpaired) electrons. The smallest absolute Gasteiger partial charge is 0.266 e. The van der Waals surface area contributed by atoms with Gasteiger partial charge in [0.2, 0.25) is 0 Å². The molecule has 0 N–H and O–H groups in total. The Morgan fingerprint density at radius 1 is 0.976 bits per heavy atom. The number of benzene rings is 4. The minimum atomic E-state index is -0.108.